The summed E-state index contributed by atoms with van der Waals surface area (Å²) in [5.41, 5.74) is 6.84. The van der Waals surface area contributed by atoms with Crippen LogP contribution in [0.1, 0.15) is 19.3 Å². The largest absolute Gasteiger partial charge is 0.370 e. The maximum absolute atomic E-state index is 6.03. The lowest BCUT2D eigenvalue weighted by Crippen LogP contribution is -2.41. The van der Waals surface area contributed by atoms with Gasteiger partial charge < -0.3 is 16.0 Å². The van der Waals surface area contributed by atoms with E-state index in [0.717, 1.165) is 29.9 Å². The Morgan fingerprint density at radius 2 is 2.14 bits per heavy atom. The molecule has 8 nitrogen and oxygen atoms in total. The lowest BCUT2D eigenvalue weighted by Gasteiger charge is -2.27. The minimum Gasteiger partial charge on any atom is -0.370 e. The molecule has 1 aliphatic rings. The van der Waals surface area contributed by atoms with Gasteiger partial charge in [0.1, 0.15) is 12.1 Å². The van der Waals surface area contributed by atoms with Crippen LogP contribution in [0.2, 0.25) is 0 Å². The fourth-order valence-electron chi connectivity index (χ4n) is 2.67. The van der Waals surface area contributed by atoms with Crippen LogP contribution < -0.4 is 11.1 Å². The van der Waals surface area contributed by atoms with Gasteiger partial charge >= 0.3 is 0 Å². The fourth-order valence-corrected chi connectivity index (χ4v) is 2.67. The number of hydrogen-bond acceptors (Lipinski definition) is 5. The van der Waals surface area contributed by atoms with Crippen LogP contribution in [0.4, 0.5) is 5.82 Å². The molecule has 0 saturated carbocycles. The number of nitrogens with two attached hydrogens (primary N) is 1. The third kappa shape index (κ3) is 3.10. The Bertz CT molecular complexity index is 656. The standard InChI is InChI=1S/C14H22N8/c1-21-13-11(9-20-21)12(18-10-19-13)16-5-6-17-14(15)22-7-3-2-4-8-22/h9-10H,2-8H2,1H3,(H2,15,17)(H,16,18,19). The van der Waals surface area contributed by atoms with Crippen molar-refractivity contribution in [1.29, 1.82) is 0 Å². The van der Waals surface area contributed by atoms with Crippen molar-refractivity contribution < 1.29 is 0 Å². The van der Waals surface area contributed by atoms with E-state index < -0.39 is 0 Å². The summed E-state index contributed by atoms with van der Waals surface area (Å²) in [6.07, 6.45) is 7.00. The molecule has 0 spiro atoms. The maximum atomic E-state index is 6.03. The van der Waals surface area contributed by atoms with E-state index in [4.69, 9.17) is 5.73 Å². The summed E-state index contributed by atoms with van der Waals surface area (Å²) in [4.78, 5) is 15.1. The number of piperidine rings is 1. The number of anilines is 1. The van der Waals surface area contributed by atoms with Gasteiger partial charge in [0.2, 0.25) is 0 Å². The van der Waals surface area contributed by atoms with Gasteiger partial charge in [0.05, 0.1) is 18.1 Å². The number of nitrogens with one attached hydrogen (secondary N) is 1. The van der Waals surface area contributed by atoms with Crippen LogP contribution in [0, 0.1) is 0 Å². The fraction of sp³-hybridized carbons (Fsp3) is 0.571. The molecule has 1 aliphatic heterocycles. The van der Waals surface area contributed by atoms with Gasteiger partial charge in [-0.1, -0.05) is 0 Å². The van der Waals surface area contributed by atoms with Crippen molar-refractivity contribution in [2.24, 2.45) is 17.8 Å². The zero-order valence-corrected chi connectivity index (χ0v) is 12.9. The van der Waals surface area contributed by atoms with Crippen molar-refractivity contribution in [3.8, 4) is 0 Å². The zero-order chi connectivity index (χ0) is 15.4. The third-order valence-electron chi connectivity index (χ3n) is 3.89. The van der Waals surface area contributed by atoms with Crippen LogP contribution in [0.3, 0.4) is 0 Å². The number of aromatic nitrogens is 4. The third-order valence-corrected chi connectivity index (χ3v) is 3.89. The molecular weight excluding hydrogens is 280 g/mol. The highest BCUT2D eigenvalue weighted by Crippen LogP contribution is 2.17. The molecule has 0 unspecified atom stereocenters. The molecule has 0 amide bonds. The topological polar surface area (TPSA) is 97.2 Å². The van der Waals surface area contributed by atoms with Crippen molar-refractivity contribution in [3.63, 3.8) is 0 Å². The summed E-state index contributed by atoms with van der Waals surface area (Å²) >= 11 is 0. The first-order chi connectivity index (χ1) is 10.8. The highest BCUT2D eigenvalue weighted by molar-refractivity contribution is 5.86. The van der Waals surface area contributed by atoms with Crippen LogP contribution in [0.5, 0.6) is 0 Å². The number of aliphatic imine (C=N–C) groups is 1. The first-order valence-electron chi connectivity index (χ1n) is 7.67. The highest BCUT2D eigenvalue weighted by atomic mass is 15.3. The molecule has 0 atom stereocenters. The second-order valence-corrected chi connectivity index (χ2v) is 5.44. The second kappa shape index (κ2) is 6.59. The van der Waals surface area contributed by atoms with Crippen molar-refractivity contribution >= 4 is 22.8 Å². The SMILES string of the molecule is Cn1ncc2c(NCCN=C(N)N3CCCCC3)ncnc21. The van der Waals surface area contributed by atoms with Gasteiger partial charge in [-0.05, 0) is 19.3 Å². The second-order valence-electron chi connectivity index (χ2n) is 5.44. The van der Waals surface area contributed by atoms with Gasteiger partial charge in [-0.2, -0.15) is 5.10 Å². The number of likely N-dealkylation sites (tertiary alicyclic amines) is 1. The van der Waals surface area contributed by atoms with Crippen molar-refractivity contribution in [3.05, 3.63) is 12.5 Å². The van der Waals surface area contributed by atoms with E-state index in [-0.39, 0.29) is 0 Å². The lowest BCUT2D eigenvalue weighted by atomic mass is 10.1. The molecule has 2 aromatic rings. The molecule has 3 rings (SSSR count). The molecule has 22 heavy (non-hydrogen) atoms. The summed E-state index contributed by atoms with van der Waals surface area (Å²) < 4.78 is 1.73. The summed E-state index contributed by atoms with van der Waals surface area (Å²) in [6.45, 7) is 3.33. The van der Waals surface area contributed by atoms with E-state index in [1.54, 1.807) is 10.9 Å². The van der Waals surface area contributed by atoms with Gasteiger partial charge in [0.15, 0.2) is 11.6 Å². The van der Waals surface area contributed by atoms with Gasteiger partial charge in [-0.3, -0.25) is 9.67 Å². The number of aryl methyl sites for hydroxylation is 1. The van der Waals surface area contributed by atoms with Crippen LogP contribution in [-0.4, -0.2) is 56.8 Å². The summed E-state index contributed by atoms with van der Waals surface area (Å²) in [5, 5.41) is 8.38. The summed E-state index contributed by atoms with van der Waals surface area (Å²) in [7, 11) is 1.86. The first-order valence-corrected chi connectivity index (χ1v) is 7.67. The predicted octanol–water partition coefficient (Wildman–Crippen LogP) is 0.576. The molecule has 3 N–H and O–H groups in total. The summed E-state index contributed by atoms with van der Waals surface area (Å²) in [6, 6.07) is 0. The molecule has 8 heteroatoms. The van der Waals surface area contributed by atoms with E-state index in [9.17, 15) is 0 Å². The smallest absolute Gasteiger partial charge is 0.191 e. The van der Waals surface area contributed by atoms with E-state index >= 15 is 0 Å². The molecular formula is C14H22N8. The molecule has 0 radical (unpaired) electrons. The van der Waals surface area contributed by atoms with Crippen LogP contribution >= 0.6 is 0 Å². The van der Waals surface area contributed by atoms with Gasteiger partial charge in [0, 0.05) is 26.7 Å². The first kappa shape index (κ1) is 14.6. The van der Waals surface area contributed by atoms with Crippen molar-refractivity contribution in [1.82, 2.24) is 24.6 Å². The Balaban J connectivity index is 1.56. The molecule has 2 aromatic heterocycles. The highest BCUT2D eigenvalue weighted by Gasteiger charge is 2.11. The van der Waals surface area contributed by atoms with E-state index in [2.05, 4.69) is 30.3 Å². The molecule has 3 heterocycles. The average molecular weight is 302 g/mol. The Hall–Kier alpha value is -2.38. The Morgan fingerprint density at radius 3 is 2.95 bits per heavy atom. The molecule has 118 valence electrons. The van der Waals surface area contributed by atoms with E-state index in [0.29, 0.717) is 19.0 Å². The number of fused-ring (bicyclic) bond motifs is 1. The minimum absolute atomic E-state index is 0.619. The zero-order valence-electron chi connectivity index (χ0n) is 12.9. The molecule has 1 fully saturated rings. The number of hydrogen-bond donors (Lipinski definition) is 2. The normalized spacial score (nSPS) is 16.2. The van der Waals surface area contributed by atoms with Crippen molar-refractivity contribution in [2.75, 3.05) is 31.5 Å². The van der Waals surface area contributed by atoms with Gasteiger partial charge in [-0.25, -0.2) is 9.97 Å². The molecule has 1 saturated heterocycles. The molecule has 0 bridgehead atoms. The molecule has 0 aliphatic carbocycles. The monoisotopic (exact) mass is 302 g/mol. The van der Waals surface area contributed by atoms with Gasteiger partial charge in [-0.15, -0.1) is 0 Å². The number of guanidine groups is 1. The van der Waals surface area contributed by atoms with Crippen LogP contribution in [-0.2, 0) is 7.05 Å². The minimum atomic E-state index is 0.619. The van der Waals surface area contributed by atoms with E-state index in [1.165, 1.54) is 25.6 Å². The van der Waals surface area contributed by atoms with Crippen LogP contribution in [0.15, 0.2) is 17.5 Å². The average Bonchev–Trinajstić information content (AvgIpc) is 2.94. The van der Waals surface area contributed by atoms with Gasteiger partial charge in [0.25, 0.3) is 0 Å². The predicted molar refractivity (Wildman–Crippen MR) is 86.7 cm³/mol. The Kier molecular flexibility index (Phi) is 4.36. The maximum Gasteiger partial charge on any atom is 0.191 e. The Morgan fingerprint density at radius 1 is 1.32 bits per heavy atom. The quantitative estimate of drug-likeness (QED) is 0.487. The van der Waals surface area contributed by atoms with Crippen LogP contribution in [0.25, 0.3) is 11.0 Å². The van der Waals surface area contributed by atoms with E-state index in [1.807, 2.05) is 7.05 Å². The Labute approximate surface area is 129 Å². The lowest BCUT2D eigenvalue weighted by molar-refractivity contribution is 0.338. The molecule has 0 aromatic carbocycles. The van der Waals surface area contributed by atoms with Crippen molar-refractivity contribution in [2.45, 2.75) is 19.3 Å². The number of nitrogens with zero attached hydrogens (tertiary/aromatic N) is 6. The number of rotatable bonds is 4. The summed E-state index contributed by atoms with van der Waals surface area (Å²) in [5.74, 6) is 1.43.